The number of nitrogens with zero attached hydrogens (tertiary/aromatic N) is 4. The van der Waals surface area contributed by atoms with Crippen LogP contribution in [0.3, 0.4) is 0 Å². The van der Waals surface area contributed by atoms with Crippen LogP contribution in [0, 0.1) is 31.0 Å². The predicted octanol–water partition coefficient (Wildman–Crippen LogP) is 5.49. The Hall–Kier alpha value is -3.57. The molecule has 0 saturated heterocycles. The van der Waals surface area contributed by atoms with Crippen molar-refractivity contribution in [2.75, 3.05) is 0 Å². The average molecular weight is 448 g/mol. The summed E-state index contributed by atoms with van der Waals surface area (Å²) in [4.78, 5) is 20.4. The molecule has 4 rings (SSSR count). The first-order valence-electron chi connectivity index (χ1n) is 10.2. The van der Waals surface area contributed by atoms with E-state index in [1.165, 1.54) is 12.1 Å². The fourth-order valence-electron chi connectivity index (χ4n) is 3.70. The smallest absolute Gasteiger partial charge is 0.253 e. The molecule has 8 heteroatoms. The third-order valence-electron chi connectivity index (χ3n) is 5.24. The summed E-state index contributed by atoms with van der Waals surface area (Å²) in [7, 11) is 0. The van der Waals surface area contributed by atoms with E-state index >= 15 is 0 Å². The van der Waals surface area contributed by atoms with Crippen LogP contribution >= 0.6 is 11.3 Å². The van der Waals surface area contributed by atoms with Crippen LogP contribution in [0.25, 0.3) is 22.3 Å². The molecule has 1 atom stereocenters. The maximum atomic E-state index is 14.2. The second kappa shape index (κ2) is 8.52. The van der Waals surface area contributed by atoms with E-state index in [1.807, 2.05) is 39.8 Å². The largest absolute Gasteiger partial charge is 0.332 e. The van der Waals surface area contributed by atoms with Gasteiger partial charge >= 0.3 is 0 Å². The van der Waals surface area contributed by atoms with Crippen molar-refractivity contribution in [3.05, 3.63) is 69.3 Å². The summed E-state index contributed by atoms with van der Waals surface area (Å²) < 4.78 is 16.0. The minimum Gasteiger partial charge on any atom is -0.332 e. The number of thiophene rings is 1. The summed E-state index contributed by atoms with van der Waals surface area (Å²) >= 11 is 1.66. The zero-order valence-corrected chi connectivity index (χ0v) is 19.0. The molecule has 0 bridgehead atoms. The summed E-state index contributed by atoms with van der Waals surface area (Å²) in [6.07, 6.45) is 1.61. The van der Waals surface area contributed by atoms with Crippen LogP contribution in [0.5, 0.6) is 0 Å². The summed E-state index contributed by atoms with van der Waals surface area (Å²) in [5, 5.41) is 17.3. The number of hydrogen-bond donors (Lipinski definition) is 1. The molecule has 1 N–H and O–H groups in total. The summed E-state index contributed by atoms with van der Waals surface area (Å²) in [5.41, 5.74) is 2.66. The van der Waals surface area contributed by atoms with Gasteiger partial charge in [0.25, 0.3) is 5.91 Å². The molecule has 0 saturated carbocycles. The van der Waals surface area contributed by atoms with Gasteiger partial charge in [-0.2, -0.15) is 10.4 Å². The highest BCUT2D eigenvalue weighted by Gasteiger charge is 2.23. The van der Waals surface area contributed by atoms with Gasteiger partial charge in [-0.05, 0) is 45.9 Å². The van der Waals surface area contributed by atoms with Gasteiger partial charge in [-0.25, -0.2) is 14.1 Å². The van der Waals surface area contributed by atoms with Gasteiger partial charge in [-0.3, -0.25) is 4.79 Å². The standard InChI is InChI=1S/C24H22FN5OS/c1-13(2)30-23-19(12-27-30)18(10-21(28-23)17-9-14(3)32-15(17)4)24(31)29-22(11-26)16-7-5-6-8-20(16)25/h5-10,12-13,22H,1-4H3,(H,29,31). The van der Waals surface area contributed by atoms with Crippen LogP contribution in [-0.4, -0.2) is 20.7 Å². The molecule has 3 heterocycles. The third kappa shape index (κ3) is 3.87. The molecule has 0 aliphatic heterocycles. The van der Waals surface area contributed by atoms with Crippen molar-refractivity contribution in [2.45, 2.75) is 39.8 Å². The Kier molecular flexibility index (Phi) is 5.76. The second-order valence-corrected chi connectivity index (χ2v) is 9.32. The number of halogens is 1. The van der Waals surface area contributed by atoms with E-state index in [-0.39, 0.29) is 11.6 Å². The van der Waals surface area contributed by atoms with Crippen LogP contribution in [-0.2, 0) is 0 Å². The van der Waals surface area contributed by atoms with Crippen molar-refractivity contribution in [3.63, 3.8) is 0 Å². The first-order valence-corrected chi connectivity index (χ1v) is 11.0. The van der Waals surface area contributed by atoms with E-state index in [9.17, 15) is 14.4 Å². The van der Waals surface area contributed by atoms with Crippen molar-refractivity contribution in [2.24, 2.45) is 0 Å². The number of nitrogens with one attached hydrogen (secondary N) is 1. The van der Waals surface area contributed by atoms with Gasteiger partial charge in [0.05, 0.1) is 28.9 Å². The summed E-state index contributed by atoms with van der Waals surface area (Å²) in [6, 6.07) is 10.6. The average Bonchev–Trinajstić information content (AvgIpc) is 3.34. The summed E-state index contributed by atoms with van der Waals surface area (Å²) in [6.45, 7) is 8.02. The third-order valence-corrected chi connectivity index (χ3v) is 6.20. The Balaban J connectivity index is 1.84. The van der Waals surface area contributed by atoms with Gasteiger partial charge in [-0.1, -0.05) is 18.2 Å². The maximum Gasteiger partial charge on any atom is 0.253 e. The highest BCUT2D eigenvalue weighted by atomic mass is 32.1. The zero-order valence-electron chi connectivity index (χ0n) is 18.2. The van der Waals surface area contributed by atoms with Gasteiger partial charge in [0.2, 0.25) is 0 Å². The molecule has 0 radical (unpaired) electrons. The number of benzene rings is 1. The van der Waals surface area contributed by atoms with Crippen molar-refractivity contribution in [1.29, 1.82) is 5.26 Å². The van der Waals surface area contributed by atoms with E-state index < -0.39 is 17.8 Å². The Morgan fingerprint density at radius 3 is 2.62 bits per heavy atom. The van der Waals surface area contributed by atoms with Gasteiger partial charge < -0.3 is 5.32 Å². The van der Waals surface area contributed by atoms with Gasteiger partial charge in [-0.15, -0.1) is 11.3 Å². The quantitative estimate of drug-likeness (QED) is 0.438. The lowest BCUT2D eigenvalue weighted by Crippen LogP contribution is -2.28. The number of aryl methyl sites for hydroxylation is 2. The van der Waals surface area contributed by atoms with Crippen LogP contribution in [0.1, 0.15) is 51.6 Å². The normalized spacial score (nSPS) is 12.2. The number of pyridine rings is 1. The zero-order chi connectivity index (χ0) is 23.0. The Morgan fingerprint density at radius 2 is 2.00 bits per heavy atom. The van der Waals surface area contributed by atoms with Gasteiger partial charge in [0.1, 0.15) is 11.9 Å². The van der Waals surface area contributed by atoms with Crippen molar-refractivity contribution in [3.8, 4) is 17.3 Å². The molecule has 6 nitrogen and oxygen atoms in total. The molecule has 0 aliphatic carbocycles. The number of hydrogen-bond acceptors (Lipinski definition) is 5. The molecule has 0 spiro atoms. The number of fused-ring (bicyclic) bond motifs is 1. The van der Waals surface area contributed by atoms with E-state index in [2.05, 4.69) is 10.4 Å². The molecule has 1 amide bonds. The fraction of sp³-hybridized carbons (Fsp3) is 0.250. The minimum absolute atomic E-state index is 0.0433. The lowest BCUT2D eigenvalue weighted by molar-refractivity contribution is 0.0946. The number of nitriles is 1. The first-order chi connectivity index (χ1) is 15.3. The van der Waals surface area contributed by atoms with Crippen molar-refractivity contribution in [1.82, 2.24) is 20.1 Å². The Bertz CT molecular complexity index is 1360. The molecular formula is C24H22FN5OS. The van der Waals surface area contributed by atoms with Crippen molar-refractivity contribution >= 4 is 28.3 Å². The van der Waals surface area contributed by atoms with Crippen LogP contribution < -0.4 is 5.32 Å². The van der Waals surface area contributed by atoms with E-state index in [0.29, 0.717) is 22.3 Å². The van der Waals surface area contributed by atoms with Gasteiger partial charge in [0.15, 0.2) is 5.65 Å². The fourth-order valence-corrected chi connectivity index (χ4v) is 4.64. The Morgan fingerprint density at radius 1 is 1.25 bits per heavy atom. The number of carbonyl (C=O) groups excluding carboxylic acids is 1. The molecule has 0 aliphatic rings. The molecule has 32 heavy (non-hydrogen) atoms. The monoisotopic (exact) mass is 447 g/mol. The molecule has 1 aromatic carbocycles. The maximum absolute atomic E-state index is 14.2. The molecule has 162 valence electrons. The SMILES string of the molecule is Cc1cc(-c2cc(C(=O)NC(C#N)c3ccccc3F)c3cnn(C(C)C)c3n2)c(C)s1. The van der Waals surface area contributed by atoms with Crippen LogP contribution in [0.4, 0.5) is 4.39 Å². The van der Waals surface area contributed by atoms with E-state index in [1.54, 1.807) is 40.4 Å². The van der Waals surface area contributed by atoms with Crippen LogP contribution in [0.15, 0.2) is 42.6 Å². The molecular weight excluding hydrogens is 425 g/mol. The van der Waals surface area contributed by atoms with Gasteiger partial charge in [0, 0.05) is 26.9 Å². The second-order valence-electron chi connectivity index (χ2n) is 7.86. The lowest BCUT2D eigenvalue weighted by Gasteiger charge is -2.14. The van der Waals surface area contributed by atoms with Crippen LogP contribution in [0.2, 0.25) is 0 Å². The Labute approximate surface area is 189 Å². The molecule has 3 aromatic heterocycles. The van der Waals surface area contributed by atoms with Crippen molar-refractivity contribution < 1.29 is 9.18 Å². The number of aromatic nitrogens is 3. The van der Waals surface area contributed by atoms with E-state index in [4.69, 9.17) is 4.98 Å². The topological polar surface area (TPSA) is 83.6 Å². The molecule has 4 aromatic rings. The minimum atomic E-state index is -1.12. The first kappa shape index (κ1) is 21.7. The predicted molar refractivity (Wildman–Crippen MR) is 123 cm³/mol. The highest BCUT2D eigenvalue weighted by molar-refractivity contribution is 7.12. The summed E-state index contributed by atoms with van der Waals surface area (Å²) in [5.74, 6) is -1.03. The molecule has 1 unspecified atom stereocenters. The number of carbonyl (C=O) groups is 1. The number of amides is 1. The molecule has 0 fully saturated rings. The number of rotatable bonds is 5. The highest BCUT2D eigenvalue weighted by Crippen LogP contribution is 2.32. The van der Waals surface area contributed by atoms with E-state index in [0.717, 1.165) is 15.3 Å². The lowest BCUT2D eigenvalue weighted by atomic mass is 10.0.